The third kappa shape index (κ3) is 3.84. The lowest BCUT2D eigenvalue weighted by atomic mass is 9.98. The van der Waals surface area contributed by atoms with Crippen LogP contribution in [-0.2, 0) is 9.47 Å². The molecule has 1 aliphatic heterocycles. The highest BCUT2D eigenvalue weighted by Gasteiger charge is 2.29. The normalized spacial score (nSPS) is 19.4. The number of ether oxygens (including phenoxy) is 2. The molecular weight excluding hydrogens is 342 g/mol. The SMILES string of the molecule is O=C(NC(CO)CC1CCOC1)OCC1c2ccccc2-c2ccccc21. The first kappa shape index (κ1) is 18.0. The van der Waals surface area contributed by atoms with Crippen LogP contribution in [0.4, 0.5) is 4.79 Å². The Morgan fingerprint density at radius 3 is 2.41 bits per heavy atom. The molecule has 2 aliphatic rings. The van der Waals surface area contributed by atoms with Crippen LogP contribution in [0.1, 0.15) is 29.9 Å². The number of rotatable bonds is 6. The number of amides is 1. The molecule has 142 valence electrons. The molecule has 0 saturated carbocycles. The molecule has 2 aromatic rings. The molecule has 0 aromatic heterocycles. The molecule has 1 aliphatic carbocycles. The topological polar surface area (TPSA) is 67.8 Å². The van der Waals surface area contributed by atoms with Crippen LogP contribution in [0.15, 0.2) is 48.5 Å². The van der Waals surface area contributed by atoms with Gasteiger partial charge in [-0.25, -0.2) is 4.79 Å². The van der Waals surface area contributed by atoms with Crippen LogP contribution < -0.4 is 5.32 Å². The number of carbonyl (C=O) groups excluding carboxylic acids is 1. The third-order valence-corrected chi connectivity index (χ3v) is 5.53. The number of benzene rings is 2. The smallest absolute Gasteiger partial charge is 0.407 e. The van der Waals surface area contributed by atoms with Crippen LogP contribution in [0.25, 0.3) is 11.1 Å². The lowest BCUT2D eigenvalue weighted by Crippen LogP contribution is -2.39. The van der Waals surface area contributed by atoms with E-state index in [0.29, 0.717) is 18.9 Å². The molecular formula is C22H25NO4. The fourth-order valence-electron chi connectivity index (χ4n) is 4.16. The molecule has 2 unspecified atom stereocenters. The predicted octanol–water partition coefficient (Wildman–Crippen LogP) is 3.31. The second-order valence-corrected chi connectivity index (χ2v) is 7.31. The summed E-state index contributed by atoms with van der Waals surface area (Å²) in [6.45, 7) is 1.64. The largest absolute Gasteiger partial charge is 0.449 e. The summed E-state index contributed by atoms with van der Waals surface area (Å²) >= 11 is 0. The number of carbonyl (C=O) groups is 1. The molecule has 5 heteroatoms. The quantitative estimate of drug-likeness (QED) is 0.822. The van der Waals surface area contributed by atoms with E-state index < -0.39 is 6.09 Å². The van der Waals surface area contributed by atoms with Gasteiger partial charge >= 0.3 is 6.09 Å². The number of alkyl carbamates (subject to hydrolysis) is 1. The Kier molecular flexibility index (Phi) is 5.41. The van der Waals surface area contributed by atoms with Gasteiger partial charge in [-0.05, 0) is 41.0 Å². The van der Waals surface area contributed by atoms with Crippen LogP contribution >= 0.6 is 0 Å². The number of aliphatic hydroxyl groups is 1. The summed E-state index contributed by atoms with van der Waals surface area (Å²) in [6.07, 6.45) is 1.21. The van der Waals surface area contributed by atoms with E-state index in [9.17, 15) is 9.90 Å². The highest BCUT2D eigenvalue weighted by atomic mass is 16.5. The summed E-state index contributed by atoms with van der Waals surface area (Å²) < 4.78 is 10.9. The molecule has 1 saturated heterocycles. The first-order valence-corrected chi connectivity index (χ1v) is 9.56. The van der Waals surface area contributed by atoms with Crippen LogP contribution in [0.3, 0.4) is 0 Å². The Balaban J connectivity index is 1.38. The predicted molar refractivity (Wildman–Crippen MR) is 103 cm³/mol. The Hall–Kier alpha value is -2.37. The lowest BCUT2D eigenvalue weighted by Gasteiger charge is -2.20. The van der Waals surface area contributed by atoms with Crippen molar-refractivity contribution in [2.75, 3.05) is 26.4 Å². The third-order valence-electron chi connectivity index (χ3n) is 5.53. The first-order valence-electron chi connectivity index (χ1n) is 9.56. The summed E-state index contributed by atoms with van der Waals surface area (Å²) in [5.41, 5.74) is 4.79. The highest BCUT2D eigenvalue weighted by Crippen LogP contribution is 2.44. The molecule has 0 radical (unpaired) electrons. The van der Waals surface area contributed by atoms with Gasteiger partial charge in [0.05, 0.1) is 12.6 Å². The Bertz CT molecular complexity index is 755. The van der Waals surface area contributed by atoms with E-state index in [4.69, 9.17) is 9.47 Å². The van der Waals surface area contributed by atoms with Gasteiger partial charge in [-0.15, -0.1) is 0 Å². The zero-order chi connectivity index (χ0) is 18.6. The second-order valence-electron chi connectivity index (χ2n) is 7.31. The maximum Gasteiger partial charge on any atom is 0.407 e. The molecule has 1 fully saturated rings. The van der Waals surface area contributed by atoms with Crippen molar-refractivity contribution in [3.8, 4) is 11.1 Å². The molecule has 27 heavy (non-hydrogen) atoms. The minimum absolute atomic E-state index is 0.0407. The van der Waals surface area contributed by atoms with E-state index in [-0.39, 0.29) is 25.2 Å². The summed E-state index contributed by atoms with van der Waals surface area (Å²) in [6, 6.07) is 16.2. The van der Waals surface area contributed by atoms with Crippen LogP contribution in [-0.4, -0.2) is 43.7 Å². The lowest BCUT2D eigenvalue weighted by molar-refractivity contribution is 0.127. The van der Waals surface area contributed by atoms with Gasteiger partial charge in [-0.1, -0.05) is 48.5 Å². The van der Waals surface area contributed by atoms with Gasteiger partial charge in [0.15, 0.2) is 0 Å². The van der Waals surface area contributed by atoms with Gasteiger partial charge in [0.25, 0.3) is 0 Å². The zero-order valence-electron chi connectivity index (χ0n) is 15.3. The fraction of sp³-hybridized carbons (Fsp3) is 0.409. The number of nitrogens with one attached hydrogen (secondary N) is 1. The minimum atomic E-state index is -0.477. The van der Waals surface area contributed by atoms with E-state index in [1.807, 2.05) is 24.3 Å². The maximum atomic E-state index is 12.3. The van der Waals surface area contributed by atoms with E-state index >= 15 is 0 Å². The van der Waals surface area contributed by atoms with Gasteiger partial charge in [0.1, 0.15) is 6.61 Å². The van der Waals surface area contributed by atoms with E-state index in [1.54, 1.807) is 0 Å². The molecule has 1 heterocycles. The summed E-state index contributed by atoms with van der Waals surface area (Å²) in [7, 11) is 0. The number of hydrogen-bond donors (Lipinski definition) is 2. The molecule has 4 rings (SSSR count). The first-order chi connectivity index (χ1) is 13.3. The Morgan fingerprint density at radius 1 is 1.15 bits per heavy atom. The molecule has 2 aromatic carbocycles. The average molecular weight is 367 g/mol. The number of hydrogen-bond acceptors (Lipinski definition) is 4. The molecule has 0 spiro atoms. The van der Waals surface area contributed by atoms with Crippen molar-refractivity contribution in [2.45, 2.75) is 24.8 Å². The van der Waals surface area contributed by atoms with Gasteiger partial charge in [-0.2, -0.15) is 0 Å². The standard InChI is InChI=1S/C22H25NO4/c24-12-16(11-15-9-10-26-13-15)23-22(25)27-14-21-19-7-3-1-5-17(19)18-6-2-4-8-20(18)21/h1-8,15-16,21,24H,9-14H2,(H,23,25). The van der Waals surface area contributed by atoms with Crippen LogP contribution in [0, 0.1) is 5.92 Å². The number of fused-ring (bicyclic) bond motifs is 3. The molecule has 2 atom stereocenters. The van der Waals surface area contributed by atoms with E-state index in [2.05, 4.69) is 29.6 Å². The summed E-state index contributed by atoms with van der Waals surface area (Å²) in [5.74, 6) is 0.426. The van der Waals surface area contributed by atoms with Crippen LogP contribution in [0.2, 0.25) is 0 Å². The maximum absolute atomic E-state index is 12.3. The van der Waals surface area contributed by atoms with Crippen molar-refractivity contribution < 1.29 is 19.4 Å². The molecule has 2 N–H and O–H groups in total. The van der Waals surface area contributed by atoms with Crippen LogP contribution in [0.5, 0.6) is 0 Å². The van der Waals surface area contributed by atoms with Crippen molar-refractivity contribution >= 4 is 6.09 Å². The molecule has 1 amide bonds. The highest BCUT2D eigenvalue weighted by molar-refractivity contribution is 5.79. The van der Waals surface area contributed by atoms with Crippen molar-refractivity contribution in [1.82, 2.24) is 5.32 Å². The minimum Gasteiger partial charge on any atom is -0.449 e. The summed E-state index contributed by atoms with van der Waals surface area (Å²) in [4.78, 5) is 12.3. The van der Waals surface area contributed by atoms with Crippen molar-refractivity contribution in [1.29, 1.82) is 0 Å². The van der Waals surface area contributed by atoms with Crippen molar-refractivity contribution in [3.05, 3.63) is 59.7 Å². The Labute approximate surface area is 159 Å². The van der Waals surface area contributed by atoms with Gasteiger partial charge < -0.3 is 19.9 Å². The van der Waals surface area contributed by atoms with Gasteiger partial charge in [0, 0.05) is 19.1 Å². The van der Waals surface area contributed by atoms with E-state index in [1.165, 1.54) is 22.3 Å². The zero-order valence-corrected chi connectivity index (χ0v) is 15.3. The van der Waals surface area contributed by atoms with Gasteiger partial charge in [0.2, 0.25) is 0 Å². The monoisotopic (exact) mass is 367 g/mol. The second kappa shape index (κ2) is 8.11. The van der Waals surface area contributed by atoms with Crippen molar-refractivity contribution in [2.24, 2.45) is 5.92 Å². The molecule has 0 bridgehead atoms. The Morgan fingerprint density at radius 2 is 1.81 bits per heavy atom. The fourth-order valence-corrected chi connectivity index (χ4v) is 4.16. The average Bonchev–Trinajstić information content (AvgIpc) is 3.32. The number of aliphatic hydroxyl groups excluding tert-OH is 1. The summed E-state index contributed by atoms with van der Waals surface area (Å²) in [5, 5.41) is 12.4. The van der Waals surface area contributed by atoms with Gasteiger partial charge in [-0.3, -0.25) is 0 Å². The van der Waals surface area contributed by atoms with Crippen molar-refractivity contribution in [3.63, 3.8) is 0 Å². The van der Waals surface area contributed by atoms with E-state index in [0.717, 1.165) is 13.0 Å². The molecule has 5 nitrogen and oxygen atoms in total.